The molecule has 0 aliphatic heterocycles. The average molecular weight is 165 g/mol. The number of aliphatic imine (C=N–C) groups is 2. The van der Waals surface area contributed by atoms with Crippen molar-refractivity contribution in [1.29, 1.82) is 0 Å². The molecular weight excluding hydrogens is 159 g/mol. The molecule has 0 spiro atoms. The van der Waals surface area contributed by atoms with Crippen molar-refractivity contribution < 1.29 is 0 Å². The maximum atomic E-state index is 5.45. The van der Waals surface area contributed by atoms with Crippen LogP contribution >= 0.6 is 23.2 Å². The highest BCUT2D eigenvalue weighted by molar-refractivity contribution is 6.56. The van der Waals surface area contributed by atoms with E-state index in [0.717, 1.165) is 5.67 Å². The van der Waals surface area contributed by atoms with Crippen LogP contribution < -0.4 is 0 Å². The van der Waals surface area contributed by atoms with Gasteiger partial charge in [0.25, 0.3) is 0 Å². The van der Waals surface area contributed by atoms with Crippen molar-refractivity contribution in [3.63, 3.8) is 0 Å². The third-order valence-electron chi connectivity index (χ3n) is 0.542. The molecule has 0 aliphatic rings. The zero-order valence-corrected chi connectivity index (χ0v) is 6.39. The molecular formula is C5H6Cl2N2. The van der Waals surface area contributed by atoms with Gasteiger partial charge in [-0.15, -0.1) is 0 Å². The van der Waals surface area contributed by atoms with Crippen LogP contribution in [0.25, 0.3) is 0 Å². The Labute approximate surface area is 63.9 Å². The topological polar surface area (TPSA) is 24.7 Å². The van der Waals surface area contributed by atoms with Gasteiger partial charge >= 0.3 is 0 Å². The third-order valence-corrected chi connectivity index (χ3v) is 0.971. The second-order valence-corrected chi connectivity index (χ2v) is 1.69. The van der Waals surface area contributed by atoms with Crippen LogP contribution in [0.15, 0.2) is 21.2 Å². The number of hydrogen-bond acceptors (Lipinski definition) is 1. The first-order valence-corrected chi connectivity index (χ1v) is 3.09. The van der Waals surface area contributed by atoms with Gasteiger partial charge in [0.2, 0.25) is 0 Å². The van der Waals surface area contributed by atoms with E-state index in [1.165, 1.54) is 6.34 Å². The zero-order chi connectivity index (χ0) is 7.11. The minimum atomic E-state index is 0.400. The van der Waals surface area contributed by atoms with E-state index in [2.05, 4.69) is 9.98 Å². The molecule has 2 nitrogen and oxygen atoms in total. The maximum Gasteiger partial charge on any atom is 0.126 e. The van der Waals surface area contributed by atoms with Gasteiger partial charge in [-0.2, -0.15) is 0 Å². The highest BCUT2D eigenvalue weighted by atomic mass is 35.5. The Kier molecular flexibility index (Phi) is 5.57. The molecule has 0 N–H and O–H groups in total. The summed E-state index contributed by atoms with van der Waals surface area (Å²) in [4.78, 5) is 7.13. The van der Waals surface area contributed by atoms with Crippen molar-refractivity contribution >= 4 is 35.2 Å². The summed E-state index contributed by atoms with van der Waals surface area (Å²) in [5.41, 5.74) is 1.11. The van der Waals surface area contributed by atoms with Crippen molar-refractivity contribution in [3.8, 4) is 0 Å². The SMILES string of the molecule is C/C=C(/Cl)N=CN=CCl. The summed E-state index contributed by atoms with van der Waals surface area (Å²) in [6, 6.07) is 0. The Bertz CT molecular complexity index is 149. The third kappa shape index (κ3) is 5.53. The summed E-state index contributed by atoms with van der Waals surface area (Å²) in [6.45, 7) is 1.78. The van der Waals surface area contributed by atoms with E-state index in [4.69, 9.17) is 23.2 Å². The molecule has 4 heteroatoms. The van der Waals surface area contributed by atoms with Crippen LogP contribution in [0.4, 0.5) is 0 Å². The van der Waals surface area contributed by atoms with Gasteiger partial charge in [0, 0.05) is 0 Å². The van der Waals surface area contributed by atoms with Gasteiger partial charge in [-0.3, -0.25) is 0 Å². The van der Waals surface area contributed by atoms with E-state index in [1.807, 2.05) is 0 Å². The molecule has 0 amide bonds. The van der Waals surface area contributed by atoms with Gasteiger partial charge in [0.15, 0.2) is 0 Å². The number of allylic oxidation sites excluding steroid dienone is 1. The smallest absolute Gasteiger partial charge is 0.126 e. The zero-order valence-electron chi connectivity index (χ0n) is 4.88. The van der Waals surface area contributed by atoms with Crippen LogP contribution in [0, 0.1) is 0 Å². The summed E-state index contributed by atoms with van der Waals surface area (Å²) in [6.07, 6.45) is 2.93. The van der Waals surface area contributed by atoms with Crippen molar-refractivity contribution in [3.05, 3.63) is 11.2 Å². The fraction of sp³-hybridized carbons (Fsp3) is 0.200. The van der Waals surface area contributed by atoms with Crippen molar-refractivity contribution in [2.24, 2.45) is 9.98 Å². The number of hydrogen-bond donors (Lipinski definition) is 0. The van der Waals surface area contributed by atoms with Gasteiger partial charge < -0.3 is 0 Å². The van der Waals surface area contributed by atoms with E-state index < -0.39 is 0 Å². The summed E-state index contributed by atoms with van der Waals surface area (Å²) in [5.74, 6) is 0. The molecule has 0 radical (unpaired) electrons. The number of rotatable bonds is 2. The Morgan fingerprint density at radius 3 is 2.67 bits per heavy atom. The van der Waals surface area contributed by atoms with E-state index in [1.54, 1.807) is 13.0 Å². The normalized spacial score (nSPS) is 13.9. The van der Waals surface area contributed by atoms with Crippen molar-refractivity contribution in [1.82, 2.24) is 0 Å². The summed E-state index contributed by atoms with van der Waals surface area (Å²) >= 11 is 10.5. The highest BCUT2D eigenvalue weighted by Gasteiger charge is 1.76. The summed E-state index contributed by atoms with van der Waals surface area (Å²) in [7, 11) is 0. The largest absolute Gasteiger partial charge is 0.233 e. The van der Waals surface area contributed by atoms with Gasteiger partial charge in [-0.25, -0.2) is 9.98 Å². The highest BCUT2D eigenvalue weighted by Crippen LogP contribution is 1.99. The molecule has 0 saturated carbocycles. The predicted octanol–water partition coefficient (Wildman–Crippen LogP) is 2.38. The molecule has 0 bridgehead atoms. The summed E-state index contributed by atoms with van der Waals surface area (Å²) in [5, 5.41) is 0.400. The average Bonchev–Trinajstić information content (AvgIpc) is 1.89. The van der Waals surface area contributed by atoms with Crippen LogP contribution in [0.2, 0.25) is 0 Å². The Balaban J connectivity index is 3.71. The summed E-state index contributed by atoms with van der Waals surface area (Å²) < 4.78 is 0. The Hall–Kier alpha value is -0.340. The molecule has 0 aromatic rings. The van der Waals surface area contributed by atoms with Crippen LogP contribution in [-0.4, -0.2) is 12.0 Å². The molecule has 0 aromatic heterocycles. The molecule has 9 heavy (non-hydrogen) atoms. The molecule has 0 heterocycles. The lowest BCUT2D eigenvalue weighted by atomic mass is 10.7. The Morgan fingerprint density at radius 2 is 2.22 bits per heavy atom. The minimum absolute atomic E-state index is 0.400. The lowest BCUT2D eigenvalue weighted by molar-refractivity contribution is 1.47. The molecule has 0 atom stereocenters. The van der Waals surface area contributed by atoms with Crippen LogP contribution in [-0.2, 0) is 0 Å². The second kappa shape index (κ2) is 5.79. The van der Waals surface area contributed by atoms with E-state index in [-0.39, 0.29) is 0 Å². The molecule has 0 unspecified atom stereocenters. The second-order valence-electron chi connectivity index (χ2n) is 1.10. The van der Waals surface area contributed by atoms with Gasteiger partial charge in [0.1, 0.15) is 11.5 Å². The Morgan fingerprint density at radius 1 is 1.56 bits per heavy atom. The van der Waals surface area contributed by atoms with E-state index in [9.17, 15) is 0 Å². The molecule has 0 aliphatic carbocycles. The maximum absolute atomic E-state index is 5.45. The standard InChI is InChI=1S/C5H6Cl2N2/c1-2-5(7)9-4-8-3-6/h2-4H,1H3/b5-2-,8-3?,9-4?. The monoisotopic (exact) mass is 164 g/mol. The van der Waals surface area contributed by atoms with Crippen molar-refractivity contribution in [2.45, 2.75) is 6.92 Å². The number of nitrogens with zero attached hydrogens (tertiary/aromatic N) is 2. The van der Waals surface area contributed by atoms with Crippen LogP contribution in [0.5, 0.6) is 0 Å². The number of halogens is 2. The van der Waals surface area contributed by atoms with Crippen LogP contribution in [0.1, 0.15) is 6.92 Å². The fourth-order valence-electron chi connectivity index (χ4n) is 0.188. The van der Waals surface area contributed by atoms with Crippen molar-refractivity contribution in [2.75, 3.05) is 0 Å². The quantitative estimate of drug-likeness (QED) is 0.341. The molecule has 50 valence electrons. The molecule has 0 rings (SSSR count). The lowest BCUT2D eigenvalue weighted by Gasteiger charge is -1.79. The lowest BCUT2D eigenvalue weighted by Crippen LogP contribution is -1.65. The first-order chi connectivity index (χ1) is 4.31. The minimum Gasteiger partial charge on any atom is -0.233 e. The van der Waals surface area contributed by atoms with Gasteiger partial charge in [-0.05, 0) is 6.92 Å². The first kappa shape index (κ1) is 8.66. The van der Waals surface area contributed by atoms with E-state index in [0.29, 0.717) is 5.16 Å². The van der Waals surface area contributed by atoms with Gasteiger partial charge in [0.05, 0.1) is 5.67 Å². The van der Waals surface area contributed by atoms with Crippen LogP contribution in [0.3, 0.4) is 0 Å². The fourth-order valence-corrected chi connectivity index (χ4v) is 0.282. The molecule has 0 aromatic carbocycles. The predicted molar refractivity (Wildman–Crippen MR) is 42.4 cm³/mol. The molecule has 0 fully saturated rings. The van der Waals surface area contributed by atoms with E-state index >= 15 is 0 Å². The first-order valence-electron chi connectivity index (χ1n) is 2.27. The van der Waals surface area contributed by atoms with Gasteiger partial charge in [-0.1, -0.05) is 29.3 Å². The molecule has 0 saturated heterocycles.